The van der Waals surface area contributed by atoms with Crippen LogP contribution in [-0.4, -0.2) is 105 Å². The Hall–Kier alpha value is -1.38. The molecule has 1 N–H and O–H groups in total. The summed E-state index contributed by atoms with van der Waals surface area (Å²) in [5, 5.41) is 2.90. The van der Waals surface area contributed by atoms with E-state index in [0.717, 1.165) is 78.0 Å². The van der Waals surface area contributed by atoms with Gasteiger partial charge in [0, 0.05) is 64.9 Å². The Labute approximate surface area is 168 Å². The molecule has 0 spiro atoms. The number of methoxy groups -OCH3 is 1. The fourth-order valence-corrected chi connectivity index (χ4v) is 4.09. The number of piperidine rings is 1. The van der Waals surface area contributed by atoms with Crippen LogP contribution in [0.15, 0.2) is 0 Å². The number of hydrogen-bond acceptors (Lipinski definition) is 5. The van der Waals surface area contributed by atoms with Gasteiger partial charge in [-0.3, -0.25) is 9.69 Å². The molecule has 3 rings (SSSR count). The molecule has 1 unspecified atom stereocenters. The highest BCUT2D eigenvalue weighted by Crippen LogP contribution is 2.32. The van der Waals surface area contributed by atoms with Crippen LogP contribution in [0.4, 0.5) is 4.79 Å². The van der Waals surface area contributed by atoms with Crippen molar-refractivity contribution < 1.29 is 19.1 Å². The van der Waals surface area contributed by atoms with E-state index < -0.39 is 0 Å². The fraction of sp³-hybridized carbons (Fsp3) is 0.900. The molecule has 0 aromatic carbocycles. The molecule has 3 aliphatic rings. The van der Waals surface area contributed by atoms with Crippen molar-refractivity contribution in [2.75, 3.05) is 72.7 Å². The molecule has 28 heavy (non-hydrogen) atoms. The van der Waals surface area contributed by atoms with E-state index >= 15 is 0 Å². The lowest BCUT2D eigenvalue weighted by Crippen LogP contribution is -2.54. The molecule has 1 aliphatic carbocycles. The van der Waals surface area contributed by atoms with Gasteiger partial charge in [0.15, 0.2) is 0 Å². The molecule has 160 valence electrons. The molecule has 0 radical (unpaired) electrons. The number of amides is 3. The Balaban J connectivity index is 1.51. The van der Waals surface area contributed by atoms with Crippen molar-refractivity contribution in [1.82, 2.24) is 20.0 Å². The zero-order chi connectivity index (χ0) is 19.8. The van der Waals surface area contributed by atoms with E-state index in [0.29, 0.717) is 25.6 Å². The second-order valence-corrected chi connectivity index (χ2v) is 8.08. The smallest absolute Gasteiger partial charge is 0.317 e. The van der Waals surface area contributed by atoms with Gasteiger partial charge in [-0.25, -0.2) is 4.79 Å². The highest BCUT2D eigenvalue weighted by atomic mass is 16.5. The predicted octanol–water partition coefficient (Wildman–Crippen LogP) is 0.768. The maximum absolute atomic E-state index is 12.9. The van der Waals surface area contributed by atoms with Crippen LogP contribution in [0.3, 0.4) is 0 Å². The quantitative estimate of drug-likeness (QED) is 0.583. The standard InChI is InChI=1S/C20H36N4O4/c1-27-13-7-21-20(26)23-9-2-4-18(16-23)24(19(25)17-5-6-17)10-3-8-22-11-14-28-15-12-22/h17-18H,2-16H2,1H3,(H,21,26). The van der Waals surface area contributed by atoms with E-state index in [-0.39, 0.29) is 18.0 Å². The number of rotatable bonds is 9. The van der Waals surface area contributed by atoms with Gasteiger partial charge >= 0.3 is 6.03 Å². The van der Waals surface area contributed by atoms with Gasteiger partial charge in [-0.15, -0.1) is 0 Å². The monoisotopic (exact) mass is 396 g/mol. The van der Waals surface area contributed by atoms with Gasteiger partial charge in [-0.05, 0) is 32.1 Å². The van der Waals surface area contributed by atoms with Gasteiger partial charge in [0.05, 0.1) is 19.8 Å². The maximum Gasteiger partial charge on any atom is 0.317 e. The first-order chi connectivity index (χ1) is 13.7. The highest BCUT2D eigenvalue weighted by molar-refractivity contribution is 5.81. The second kappa shape index (κ2) is 11.0. The minimum Gasteiger partial charge on any atom is -0.383 e. The van der Waals surface area contributed by atoms with Gasteiger partial charge in [-0.2, -0.15) is 0 Å². The normalized spacial score (nSPS) is 23.5. The molecule has 8 heteroatoms. The number of ether oxygens (including phenoxy) is 2. The molecule has 1 saturated carbocycles. The molecule has 0 aromatic heterocycles. The van der Waals surface area contributed by atoms with Crippen LogP contribution in [-0.2, 0) is 14.3 Å². The zero-order valence-corrected chi connectivity index (χ0v) is 17.2. The lowest BCUT2D eigenvalue weighted by Gasteiger charge is -2.40. The summed E-state index contributed by atoms with van der Waals surface area (Å²) in [6.07, 6.45) is 4.95. The number of morpholine rings is 1. The van der Waals surface area contributed by atoms with Crippen LogP contribution in [0, 0.1) is 5.92 Å². The van der Waals surface area contributed by atoms with Gasteiger partial charge in [-0.1, -0.05) is 0 Å². The number of urea groups is 1. The van der Waals surface area contributed by atoms with Crippen molar-refractivity contribution in [3.05, 3.63) is 0 Å². The minimum atomic E-state index is -0.0473. The van der Waals surface area contributed by atoms with Crippen LogP contribution >= 0.6 is 0 Å². The SMILES string of the molecule is COCCNC(=O)N1CCCC(N(CCCN2CCOCC2)C(=O)C2CC2)C1. The minimum absolute atomic E-state index is 0.0473. The molecule has 3 fully saturated rings. The molecule has 8 nitrogen and oxygen atoms in total. The van der Waals surface area contributed by atoms with Gasteiger partial charge < -0.3 is 24.6 Å². The molecule has 2 heterocycles. The van der Waals surface area contributed by atoms with Crippen LogP contribution in [0.1, 0.15) is 32.1 Å². The largest absolute Gasteiger partial charge is 0.383 e. The fourth-order valence-electron chi connectivity index (χ4n) is 4.09. The summed E-state index contributed by atoms with van der Waals surface area (Å²) in [5.74, 6) is 0.517. The van der Waals surface area contributed by atoms with Crippen molar-refractivity contribution in [3.8, 4) is 0 Å². The van der Waals surface area contributed by atoms with Crippen molar-refractivity contribution >= 4 is 11.9 Å². The Bertz CT molecular complexity index is 508. The van der Waals surface area contributed by atoms with E-state index in [4.69, 9.17) is 9.47 Å². The second-order valence-electron chi connectivity index (χ2n) is 8.08. The number of carbonyl (C=O) groups is 2. The topological polar surface area (TPSA) is 74.3 Å². The summed E-state index contributed by atoms with van der Waals surface area (Å²) in [7, 11) is 1.63. The van der Waals surface area contributed by atoms with Crippen molar-refractivity contribution in [2.24, 2.45) is 5.92 Å². The third kappa shape index (κ3) is 6.32. The molecule has 2 saturated heterocycles. The van der Waals surface area contributed by atoms with E-state index in [2.05, 4.69) is 15.1 Å². The van der Waals surface area contributed by atoms with Gasteiger partial charge in [0.2, 0.25) is 5.91 Å². The number of nitrogens with one attached hydrogen (secondary N) is 1. The number of carbonyl (C=O) groups excluding carboxylic acids is 2. The van der Waals surface area contributed by atoms with Crippen LogP contribution in [0.5, 0.6) is 0 Å². The van der Waals surface area contributed by atoms with Crippen molar-refractivity contribution in [3.63, 3.8) is 0 Å². The molecular formula is C20H36N4O4. The average Bonchev–Trinajstić information content (AvgIpc) is 3.57. The van der Waals surface area contributed by atoms with Gasteiger partial charge in [0.25, 0.3) is 0 Å². The lowest BCUT2D eigenvalue weighted by atomic mass is 10.0. The van der Waals surface area contributed by atoms with Crippen LogP contribution in [0.25, 0.3) is 0 Å². The summed E-state index contributed by atoms with van der Waals surface area (Å²) in [6, 6.07) is 0.0913. The molecule has 0 bridgehead atoms. The van der Waals surface area contributed by atoms with Crippen LogP contribution in [0.2, 0.25) is 0 Å². The van der Waals surface area contributed by atoms with E-state index in [1.807, 2.05) is 4.90 Å². The van der Waals surface area contributed by atoms with E-state index in [9.17, 15) is 9.59 Å². The summed E-state index contributed by atoms with van der Waals surface area (Å²) in [6.45, 7) is 7.79. The zero-order valence-electron chi connectivity index (χ0n) is 17.2. The number of likely N-dealkylation sites (tertiary alicyclic amines) is 1. The Kier molecular flexibility index (Phi) is 8.36. The van der Waals surface area contributed by atoms with Gasteiger partial charge in [0.1, 0.15) is 0 Å². The molecule has 1 atom stereocenters. The predicted molar refractivity (Wildman–Crippen MR) is 106 cm³/mol. The first-order valence-corrected chi connectivity index (χ1v) is 10.8. The van der Waals surface area contributed by atoms with Crippen molar-refractivity contribution in [2.45, 2.75) is 38.1 Å². The molecule has 2 aliphatic heterocycles. The summed E-state index contributed by atoms with van der Waals surface area (Å²) in [5.41, 5.74) is 0. The molecule has 0 aromatic rings. The van der Waals surface area contributed by atoms with E-state index in [1.54, 1.807) is 7.11 Å². The molecular weight excluding hydrogens is 360 g/mol. The average molecular weight is 397 g/mol. The third-order valence-corrected chi connectivity index (χ3v) is 5.89. The van der Waals surface area contributed by atoms with Crippen molar-refractivity contribution in [1.29, 1.82) is 0 Å². The summed E-state index contributed by atoms with van der Waals surface area (Å²) in [4.78, 5) is 31.7. The van der Waals surface area contributed by atoms with Crippen LogP contribution < -0.4 is 5.32 Å². The summed E-state index contributed by atoms with van der Waals surface area (Å²) < 4.78 is 10.4. The van der Waals surface area contributed by atoms with E-state index in [1.165, 1.54) is 0 Å². The Morgan fingerprint density at radius 2 is 1.96 bits per heavy atom. The number of hydrogen-bond donors (Lipinski definition) is 1. The number of nitrogens with zero attached hydrogens (tertiary/aromatic N) is 3. The highest BCUT2D eigenvalue weighted by Gasteiger charge is 2.38. The first kappa shape index (κ1) is 21.3. The lowest BCUT2D eigenvalue weighted by molar-refractivity contribution is -0.136. The maximum atomic E-state index is 12.9. The third-order valence-electron chi connectivity index (χ3n) is 5.89. The Morgan fingerprint density at radius 1 is 1.18 bits per heavy atom. The Morgan fingerprint density at radius 3 is 2.68 bits per heavy atom. The molecule has 3 amide bonds. The first-order valence-electron chi connectivity index (χ1n) is 10.8. The summed E-state index contributed by atoms with van der Waals surface area (Å²) >= 11 is 0.